The van der Waals surface area contributed by atoms with E-state index in [1.54, 1.807) is 6.07 Å². The minimum atomic E-state index is -0.519. The molecule has 0 bridgehead atoms. The van der Waals surface area contributed by atoms with Gasteiger partial charge in [0.15, 0.2) is 23.0 Å². The normalized spacial score (nSPS) is 14.6. The number of non-ortho nitro benzene ring substituents is 1. The fourth-order valence-electron chi connectivity index (χ4n) is 4.93. The minimum Gasteiger partial charge on any atom is -0.493 e. The first kappa shape index (κ1) is 28.5. The summed E-state index contributed by atoms with van der Waals surface area (Å²) in [7, 11) is 4.39. The Morgan fingerprint density at radius 3 is 2.36 bits per heavy atom. The number of benzene rings is 3. The molecule has 0 saturated carbocycles. The lowest BCUT2D eigenvalue weighted by Crippen LogP contribution is -2.46. The molecular weight excluding hydrogens is 546 g/mol. The van der Waals surface area contributed by atoms with Gasteiger partial charge in [0.1, 0.15) is 0 Å². The third-order valence-corrected chi connectivity index (χ3v) is 7.07. The number of rotatable bonds is 10. The van der Waals surface area contributed by atoms with E-state index < -0.39 is 10.8 Å². The first-order chi connectivity index (χ1) is 20.4. The number of nitrogens with one attached hydrogen (secondary N) is 1. The molecule has 0 radical (unpaired) electrons. The number of nitrogens with zero attached hydrogens (tertiary/aromatic N) is 4. The summed E-state index contributed by atoms with van der Waals surface area (Å²) < 4.78 is 26.8. The molecule has 0 atom stereocenters. The number of carbonyl (C=O) groups is 1. The molecule has 2 heterocycles. The molecule has 1 fully saturated rings. The Bertz CT molecular complexity index is 1480. The molecule has 0 unspecified atom stereocenters. The van der Waals surface area contributed by atoms with Crippen LogP contribution >= 0.6 is 0 Å². The van der Waals surface area contributed by atoms with Gasteiger partial charge in [0, 0.05) is 61.7 Å². The quantitative estimate of drug-likeness (QED) is 0.217. The number of nitro groups is 1. The Kier molecular flexibility index (Phi) is 8.58. The number of anilines is 1. The number of nitro benzene ring substituents is 1. The van der Waals surface area contributed by atoms with Gasteiger partial charge in [0.05, 0.1) is 32.5 Å². The van der Waals surface area contributed by atoms with Gasteiger partial charge in [-0.1, -0.05) is 6.07 Å². The van der Waals surface area contributed by atoms with Crippen molar-refractivity contribution in [1.82, 2.24) is 10.3 Å². The Morgan fingerprint density at radius 1 is 0.976 bits per heavy atom. The Hall–Kier alpha value is -5.04. The van der Waals surface area contributed by atoms with E-state index in [1.165, 1.54) is 51.8 Å². The molecule has 3 aromatic carbocycles. The molecule has 220 valence electrons. The molecule has 0 aromatic heterocycles. The summed E-state index contributed by atoms with van der Waals surface area (Å²) in [6, 6.07) is 13.6. The zero-order valence-corrected chi connectivity index (χ0v) is 23.5. The first-order valence-corrected chi connectivity index (χ1v) is 13.2. The van der Waals surface area contributed by atoms with E-state index in [4.69, 9.17) is 23.7 Å². The lowest BCUT2D eigenvalue weighted by Gasteiger charge is -2.36. The van der Waals surface area contributed by atoms with Gasteiger partial charge in [-0.2, -0.15) is 5.10 Å². The van der Waals surface area contributed by atoms with E-state index in [9.17, 15) is 14.9 Å². The average molecular weight is 578 g/mol. The minimum absolute atomic E-state index is 0.0717. The monoisotopic (exact) mass is 577 g/mol. The molecule has 0 aliphatic carbocycles. The third kappa shape index (κ3) is 6.15. The molecule has 13 nitrogen and oxygen atoms in total. The molecule has 42 heavy (non-hydrogen) atoms. The Balaban J connectivity index is 1.27. The van der Waals surface area contributed by atoms with Crippen LogP contribution in [0.15, 0.2) is 53.6 Å². The number of fused-ring (bicyclic) bond motifs is 1. The van der Waals surface area contributed by atoms with E-state index in [0.29, 0.717) is 35.9 Å². The second-order valence-electron chi connectivity index (χ2n) is 9.56. The smallest absolute Gasteiger partial charge is 0.271 e. The van der Waals surface area contributed by atoms with Crippen LogP contribution in [0.4, 0.5) is 11.4 Å². The van der Waals surface area contributed by atoms with Crippen molar-refractivity contribution in [1.29, 1.82) is 0 Å². The van der Waals surface area contributed by atoms with E-state index in [2.05, 4.69) is 20.3 Å². The first-order valence-electron chi connectivity index (χ1n) is 13.2. The van der Waals surface area contributed by atoms with E-state index in [0.717, 1.165) is 42.4 Å². The summed E-state index contributed by atoms with van der Waals surface area (Å²) >= 11 is 0. The van der Waals surface area contributed by atoms with Gasteiger partial charge in [-0.05, 0) is 35.9 Å². The van der Waals surface area contributed by atoms with Crippen LogP contribution in [-0.4, -0.2) is 76.2 Å². The van der Waals surface area contributed by atoms with E-state index >= 15 is 0 Å². The number of piperazine rings is 1. The molecule has 2 aliphatic rings. The van der Waals surface area contributed by atoms with Crippen LogP contribution in [0.1, 0.15) is 21.5 Å². The Labute approximate surface area is 242 Å². The van der Waals surface area contributed by atoms with Crippen molar-refractivity contribution in [2.45, 2.75) is 6.54 Å². The number of carbonyl (C=O) groups excluding carboxylic acids is 1. The lowest BCUT2D eigenvalue weighted by molar-refractivity contribution is -0.384. The highest BCUT2D eigenvalue weighted by Gasteiger charge is 2.22. The van der Waals surface area contributed by atoms with Gasteiger partial charge < -0.3 is 28.6 Å². The van der Waals surface area contributed by atoms with Gasteiger partial charge in [-0.15, -0.1) is 0 Å². The van der Waals surface area contributed by atoms with Crippen molar-refractivity contribution in [3.05, 3.63) is 75.3 Å². The molecular formula is C29H31N5O8. The highest BCUT2D eigenvalue weighted by molar-refractivity contribution is 5.97. The molecule has 1 N–H and O–H groups in total. The van der Waals surface area contributed by atoms with E-state index in [-0.39, 0.29) is 18.0 Å². The molecule has 1 amide bonds. The summed E-state index contributed by atoms with van der Waals surface area (Å²) in [5.41, 5.74) is 5.08. The molecule has 5 rings (SSSR count). The van der Waals surface area contributed by atoms with Crippen molar-refractivity contribution >= 4 is 23.5 Å². The molecule has 1 saturated heterocycles. The highest BCUT2D eigenvalue weighted by atomic mass is 16.7. The predicted molar refractivity (Wildman–Crippen MR) is 154 cm³/mol. The van der Waals surface area contributed by atoms with E-state index in [1.807, 2.05) is 18.2 Å². The van der Waals surface area contributed by atoms with Gasteiger partial charge in [0.25, 0.3) is 11.6 Å². The number of hydrogen-bond donors (Lipinski definition) is 1. The van der Waals surface area contributed by atoms with Crippen LogP contribution in [0.5, 0.6) is 28.7 Å². The number of hydrogen-bond acceptors (Lipinski definition) is 11. The van der Waals surface area contributed by atoms with Crippen LogP contribution in [-0.2, 0) is 6.54 Å². The summed E-state index contributed by atoms with van der Waals surface area (Å²) in [5.74, 6) is 2.01. The topological polar surface area (TPSA) is 137 Å². The van der Waals surface area contributed by atoms with Gasteiger partial charge in [-0.3, -0.25) is 19.8 Å². The van der Waals surface area contributed by atoms with Gasteiger partial charge in [0.2, 0.25) is 12.5 Å². The molecule has 2 aliphatic heterocycles. The zero-order valence-electron chi connectivity index (χ0n) is 23.5. The second-order valence-corrected chi connectivity index (χ2v) is 9.56. The van der Waals surface area contributed by atoms with Crippen LogP contribution in [0.25, 0.3) is 0 Å². The summed E-state index contributed by atoms with van der Waals surface area (Å²) in [4.78, 5) is 28.4. The van der Waals surface area contributed by atoms with Gasteiger partial charge >= 0.3 is 0 Å². The Morgan fingerprint density at radius 2 is 1.69 bits per heavy atom. The maximum absolute atomic E-state index is 12.9. The number of amides is 1. The van der Waals surface area contributed by atoms with Crippen molar-refractivity contribution in [3.8, 4) is 28.7 Å². The zero-order chi connectivity index (χ0) is 29.6. The number of hydrazone groups is 1. The fourth-order valence-corrected chi connectivity index (χ4v) is 4.93. The van der Waals surface area contributed by atoms with Gasteiger partial charge in [-0.25, -0.2) is 5.43 Å². The van der Waals surface area contributed by atoms with Crippen LogP contribution in [0.2, 0.25) is 0 Å². The molecule has 3 aromatic rings. The predicted octanol–water partition coefficient (Wildman–Crippen LogP) is 3.44. The van der Waals surface area contributed by atoms with Crippen molar-refractivity contribution in [3.63, 3.8) is 0 Å². The van der Waals surface area contributed by atoms with Crippen LogP contribution < -0.4 is 34.0 Å². The highest BCUT2D eigenvalue weighted by Crippen LogP contribution is 2.38. The number of methoxy groups -OCH3 is 3. The summed E-state index contributed by atoms with van der Waals surface area (Å²) in [6.07, 6.45) is 1.41. The van der Waals surface area contributed by atoms with Crippen molar-refractivity contribution < 1.29 is 33.4 Å². The number of ether oxygens (including phenoxy) is 5. The third-order valence-electron chi connectivity index (χ3n) is 7.07. The standard InChI is InChI=1S/C29H31N5O8/c1-38-26-14-20(15-27(39-2)28(26)40-3)29(35)31-30-16-21-13-22(34(36)37)5-6-23(21)33-10-8-32(9-11-33)17-19-4-7-24-25(12-19)42-18-41-24/h4-7,12-16H,8-11,17-18H2,1-3H3,(H,31,35)/b30-16-. The van der Waals surface area contributed by atoms with Crippen LogP contribution in [0.3, 0.4) is 0 Å². The fraction of sp³-hybridized carbons (Fsp3) is 0.310. The maximum Gasteiger partial charge on any atom is 0.271 e. The average Bonchev–Trinajstić information content (AvgIpc) is 3.48. The second kappa shape index (κ2) is 12.6. The largest absolute Gasteiger partial charge is 0.493 e. The SMILES string of the molecule is COc1cc(C(=O)N/N=C\c2cc([N+](=O)[O-])ccc2N2CCN(Cc3ccc4c(c3)OCO4)CC2)cc(OC)c1OC. The van der Waals surface area contributed by atoms with Crippen LogP contribution in [0, 0.1) is 10.1 Å². The van der Waals surface area contributed by atoms with Crippen molar-refractivity contribution in [2.24, 2.45) is 5.10 Å². The summed E-state index contributed by atoms with van der Waals surface area (Å²) in [5, 5.41) is 15.6. The molecule has 13 heteroatoms. The van der Waals surface area contributed by atoms with Crippen molar-refractivity contribution in [2.75, 3.05) is 59.2 Å². The summed E-state index contributed by atoms with van der Waals surface area (Å²) in [6.45, 7) is 4.01. The maximum atomic E-state index is 12.9. The lowest BCUT2D eigenvalue weighted by atomic mass is 10.1. The molecule has 0 spiro atoms.